The minimum absolute atomic E-state index is 0.0344. The zero-order valence-electron chi connectivity index (χ0n) is 26.5. The molecule has 46 heavy (non-hydrogen) atoms. The normalized spacial score (nSPS) is 23.3. The third-order valence-corrected chi connectivity index (χ3v) is 8.80. The van der Waals surface area contributed by atoms with Crippen molar-refractivity contribution in [1.29, 1.82) is 0 Å². The molecule has 0 amide bonds. The Bertz CT molecular complexity index is 1550. The van der Waals surface area contributed by atoms with Gasteiger partial charge >= 0.3 is 19.7 Å². The second-order valence-corrected chi connectivity index (χ2v) is 13.1. The van der Waals surface area contributed by atoms with Crippen LogP contribution >= 0.6 is 7.75 Å². The van der Waals surface area contributed by atoms with E-state index in [1.165, 1.54) is 32.0 Å². The number of nitrogens with one attached hydrogen (secondary N) is 1. The number of rotatable bonds is 15. The monoisotopic (exact) mass is 665 g/mol. The lowest BCUT2D eigenvalue weighted by Crippen LogP contribution is -2.44. The van der Waals surface area contributed by atoms with Crippen LogP contribution in [0.4, 0.5) is 0 Å². The molecule has 1 saturated heterocycles. The third-order valence-electron chi connectivity index (χ3n) is 7.21. The molecule has 3 N–H and O–H groups in total. The fourth-order valence-electron chi connectivity index (χ4n) is 4.89. The van der Waals surface area contributed by atoms with Gasteiger partial charge in [-0.2, -0.15) is 4.98 Å². The number of aryl methyl sites for hydroxylation is 1. The lowest BCUT2D eigenvalue weighted by atomic mass is 9.96. The molecule has 2 unspecified atom stereocenters. The van der Waals surface area contributed by atoms with E-state index in [1.54, 1.807) is 31.2 Å². The molecule has 0 spiro atoms. The van der Waals surface area contributed by atoms with E-state index in [4.69, 9.17) is 28.0 Å². The van der Waals surface area contributed by atoms with Crippen molar-refractivity contribution in [3.05, 3.63) is 48.0 Å². The number of aromatic nitrogens is 4. The van der Waals surface area contributed by atoms with Crippen molar-refractivity contribution in [1.82, 2.24) is 24.6 Å². The maximum Gasteiger partial charge on any atom is 0.406 e. The molecule has 1 aliphatic heterocycles. The molecular formula is C29H40N5O11P. The Labute approximate surface area is 265 Å². The van der Waals surface area contributed by atoms with E-state index in [-0.39, 0.29) is 30.5 Å². The molecule has 3 heterocycles. The summed E-state index contributed by atoms with van der Waals surface area (Å²) in [4.78, 5) is 37.9. The van der Waals surface area contributed by atoms with E-state index in [2.05, 4.69) is 20.0 Å². The molecule has 6 atom stereocenters. The Morgan fingerprint density at radius 2 is 1.89 bits per heavy atom. The number of nitrogens with zero attached hydrogens (tertiary/aromatic N) is 4. The van der Waals surface area contributed by atoms with Crippen LogP contribution < -0.4 is 9.82 Å². The van der Waals surface area contributed by atoms with Crippen LogP contribution in [0, 0.1) is 12.8 Å². The maximum atomic E-state index is 14.0. The van der Waals surface area contributed by atoms with Crippen molar-refractivity contribution in [3.8, 4) is 5.88 Å². The molecule has 1 fully saturated rings. The quantitative estimate of drug-likeness (QED) is 0.157. The fourth-order valence-corrected chi connectivity index (χ4v) is 6.33. The highest BCUT2D eigenvalue weighted by Gasteiger charge is 2.54. The average Bonchev–Trinajstić information content (AvgIpc) is 3.54. The number of methoxy groups -OCH3 is 2. The number of ether oxygens (including phenoxy) is 4. The number of imidazole rings is 1. The maximum absolute atomic E-state index is 14.0. The molecule has 1 aromatic carbocycles. The minimum atomic E-state index is -4.49. The Hall–Kier alpha value is -3.50. The van der Waals surface area contributed by atoms with Crippen molar-refractivity contribution < 1.29 is 52.4 Å². The first-order valence-electron chi connectivity index (χ1n) is 14.5. The summed E-state index contributed by atoms with van der Waals surface area (Å²) in [5, 5.41) is 25.0. The van der Waals surface area contributed by atoms with E-state index in [9.17, 15) is 24.4 Å². The standard InChI is InChI=1S/C29H40N5O11P/c1-17(2)12-20(27(37)41-6)33-46(39,44-15-22(35)42-13-19-10-8-7-9-11-19)43-14-21-24(36)29(4,38)28(45-21)34-16-30-23-25(34)31-18(3)32-26(23)40-5/h7-11,16-17,20-21,24,28,36,38H,12-15H2,1-6H3,(H,33,39)/t20-,21+,24?,28+,29-,46?/m0/s1. The summed E-state index contributed by atoms with van der Waals surface area (Å²) < 4.78 is 47.9. The molecule has 4 rings (SSSR count). The first-order valence-corrected chi connectivity index (χ1v) is 16.1. The molecule has 1 aliphatic rings. The Morgan fingerprint density at radius 1 is 1.17 bits per heavy atom. The smallest absolute Gasteiger partial charge is 0.406 e. The van der Waals surface area contributed by atoms with Gasteiger partial charge in [-0.15, -0.1) is 0 Å². The van der Waals surface area contributed by atoms with Gasteiger partial charge in [0.1, 0.15) is 36.3 Å². The van der Waals surface area contributed by atoms with Crippen LogP contribution in [0.3, 0.4) is 0 Å². The van der Waals surface area contributed by atoms with Gasteiger partial charge < -0.3 is 29.2 Å². The van der Waals surface area contributed by atoms with Gasteiger partial charge in [-0.25, -0.2) is 24.4 Å². The second kappa shape index (κ2) is 14.9. The van der Waals surface area contributed by atoms with E-state index in [1.807, 2.05) is 19.9 Å². The van der Waals surface area contributed by atoms with Crippen LogP contribution in [0.15, 0.2) is 36.7 Å². The van der Waals surface area contributed by atoms with Gasteiger partial charge in [0.25, 0.3) is 0 Å². The van der Waals surface area contributed by atoms with Crippen molar-refractivity contribution in [3.63, 3.8) is 0 Å². The second-order valence-electron chi connectivity index (χ2n) is 11.3. The Balaban J connectivity index is 1.52. The van der Waals surface area contributed by atoms with Gasteiger partial charge in [-0.05, 0) is 31.7 Å². The van der Waals surface area contributed by atoms with E-state index in [0.29, 0.717) is 11.3 Å². The largest absolute Gasteiger partial charge is 0.479 e. The number of esters is 2. The average molecular weight is 666 g/mol. The van der Waals surface area contributed by atoms with Crippen LogP contribution in [0.5, 0.6) is 5.88 Å². The summed E-state index contributed by atoms with van der Waals surface area (Å²) in [5.74, 6) is -1.02. The predicted octanol–water partition coefficient (Wildman–Crippen LogP) is 2.21. The molecule has 0 bridgehead atoms. The van der Waals surface area contributed by atoms with Crippen molar-refractivity contribution in [2.24, 2.45) is 5.92 Å². The molecule has 252 valence electrons. The Kier molecular flexibility index (Phi) is 11.5. The molecule has 3 aromatic rings. The van der Waals surface area contributed by atoms with Gasteiger partial charge in [0.15, 0.2) is 24.0 Å². The fraction of sp³-hybridized carbons (Fsp3) is 0.552. The van der Waals surface area contributed by atoms with Crippen LogP contribution in [-0.4, -0.2) is 93.0 Å². The van der Waals surface area contributed by atoms with Crippen LogP contribution in [0.1, 0.15) is 44.8 Å². The van der Waals surface area contributed by atoms with Crippen LogP contribution in [0.2, 0.25) is 0 Å². The number of carbonyl (C=O) groups is 2. The topological polar surface area (TPSA) is 203 Å². The molecule has 0 saturated carbocycles. The summed E-state index contributed by atoms with van der Waals surface area (Å²) in [6.07, 6.45) is -2.48. The molecule has 16 nitrogen and oxygen atoms in total. The highest BCUT2D eigenvalue weighted by molar-refractivity contribution is 7.51. The van der Waals surface area contributed by atoms with Crippen molar-refractivity contribution >= 4 is 30.8 Å². The predicted molar refractivity (Wildman–Crippen MR) is 161 cm³/mol. The number of aliphatic hydroxyl groups excluding tert-OH is 1. The highest BCUT2D eigenvalue weighted by Crippen LogP contribution is 2.47. The number of fused-ring (bicyclic) bond motifs is 1. The third kappa shape index (κ3) is 8.25. The minimum Gasteiger partial charge on any atom is -0.479 e. The number of aliphatic hydroxyl groups is 2. The number of hydrogen-bond acceptors (Lipinski definition) is 14. The SMILES string of the molecule is COC(=O)[C@H](CC(C)C)NP(=O)(OCC(=O)OCc1ccccc1)OC[C@H]1O[C@@H](n2cnc3c(OC)nc(C)nc32)[C@@](C)(O)C1O. The molecule has 0 radical (unpaired) electrons. The number of hydrogen-bond donors (Lipinski definition) is 3. The molecule has 0 aliphatic carbocycles. The zero-order valence-corrected chi connectivity index (χ0v) is 27.4. The summed E-state index contributed by atoms with van der Waals surface area (Å²) in [7, 11) is -1.87. The summed E-state index contributed by atoms with van der Waals surface area (Å²) in [6, 6.07) is 7.80. The number of carbonyl (C=O) groups excluding carboxylic acids is 2. The molecular weight excluding hydrogens is 625 g/mol. The Morgan fingerprint density at radius 3 is 2.54 bits per heavy atom. The number of benzene rings is 1. The van der Waals surface area contributed by atoms with E-state index >= 15 is 0 Å². The van der Waals surface area contributed by atoms with Gasteiger partial charge in [0.05, 0.1) is 27.2 Å². The zero-order chi connectivity index (χ0) is 33.6. The first kappa shape index (κ1) is 35.4. The van der Waals surface area contributed by atoms with Gasteiger partial charge in [0.2, 0.25) is 5.88 Å². The summed E-state index contributed by atoms with van der Waals surface area (Å²) in [5.41, 5.74) is -0.583. The lowest BCUT2D eigenvalue weighted by molar-refractivity contribution is -0.147. The van der Waals surface area contributed by atoms with E-state index in [0.717, 1.165) is 5.56 Å². The molecule has 17 heteroatoms. The van der Waals surface area contributed by atoms with Gasteiger partial charge in [-0.1, -0.05) is 44.2 Å². The lowest BCUT2D eigenvalue weighted by Gasteiger charge is -2.27. The molecule has 2 aromatic heterocycles. The van der Waals surface area contributed by atoms with Crippen LogP contribution in [0.25, 0.3) is 11.2 Å². The highest BCUT2D eigenvalue weighted by atomic mass is 31.2. The van der Waals surface area contributed by atoms with E-state index < -0.39 is 63.0 Å². The van der Waals surface area contributed by atoms with Crippen LogP contribution in [-0.2, 0) is 44.0 Å². The first-order chi connectivity index (χ1) is 21.8. The summed E-state index contributed by atoms with van der Waals surface area (Å²) in [6.45, 7) is 5.28. The van der Waals surface area contributed by atoms with Gasteiger partial charge in [0, 0.05) is 0 Å². The van der Waals surface area contributed by atoms with Crippen molar-refractivity contribution in [2.75, 3.05) is 27.4 Å². The summed E-state index contributed by atoms with van der Waals surface area (Å²) >= 11 is 0. The van der Waals surface area contributed by atoms with Gasteiger partial charge in [-0.3, -0.25) is 18.4 Å². The van der Waals surface area contributed by atoms with Crippen molar-refractivity contribution in [2.45, 2.75) is 70.8 Å².